The van der Waals surface area contributed by atoms with Gasteiger partial charge in [0.15, 0.2) is 18.1 Å². The van der Waals surface area contributed by atoms with E-state index in [2.05, 4.69) is 37.2 Å². The van der Waals surface area contributed by atoms with Crippen LogP contribution >= 0.6 is 31.9 Å². The lowest BCUT2D eigenvalue weighted by Crippen LogP contribution is -2.20. The van der Waals surface area contributed by atoms with Gasteiger partial charge in [0.25, 0.3) is 5.91 Å². The number of methoxy groups -OCH3 is 1. The summed E-state index contributed by atoms with van der Waals surface area (Å²) in [7, 11) is 1.47. The minimum Gasteiger partial charge on any atom is -0.493 e. The summed E-state index contributed by atoms with van der Waals surface area (Å²) in [5, 5.41) is 2.76. The first-order chi connectivity index (χ1) is 11.4. The van der Waals surface area contributed by atoms with Crippen LogP contribution in [-0.2, 0) is 4.79 Å². The molecule has 0 aliphatic heterocycles. The van der Waals surface area contributed by atoms with Crippen LogP contribution in [0.1, 0.15) is 15.9 Å². The number of carbonyl (C=O) groups is 2. The van der Waals surface area contributed by atoms with Crippen molar-refractivity contribution in [2.24, 2.45) is 0 Å². The van der Waals surface area contributed by atoms with Crippen molar-refractivity contribution >= 4 is 49.7 Å². The third-order valence-electron chi connectivity index (χ3n) is 3.18. The van der Waals surface area contributed by atoms with Crippen LogP contribution in [0.4, 0.5) is 5.69 Å². The van der Waals surface area contributed by atoms with Crippen LogP contribution in [0.15, 0.2) is 39.3 Å². The summed E-state index contributed by atoms with van der Waals surface area (Å²) in [4.78, 5) is 22.9. The second-order valence-electron chi connectivity index (χ2n) is 4.95. The molecule has 126 valence electrons. The van der Waals surface area contributed by atoms with Crippen molar-refractivity contribution in [1.29, 1.82) is 0 Å². The van der Waals surface area contributed by atoms with Gasteiger partial charge in [0.05, 0.1) is 11.6 Å². The van der Waals surface area contributed by atoms with Gasteiger partial charge in [-0.1, -0.05) is 15.9 Å². The van der Waals surface area contributed by atoms with Crippen LogP contribution in [0, 0.1) is 6.92 Å². The molecule has 0 bridgehead atoms. The van der Waals surface area contributed by atoms with E-state index in [1.165, 1.54) is 7.11 Å². The number of aryl methyl sites for hydroxylation is 1. The second-order valence-corrected chi connectivity index (χ2v) is 6.66. The fraction of sp³-hybridized carbons (Fsp3) is 0.176. The monoisotopic (exact) mass is 455 g/mol. The molecule has 0 radical (unpaired) electrons. The highest BCUT2D eigenvalue weighted by Gasteiger charge is 2.13. The Labute approximate surface area is 156 Å². The van der Waals surface area contributed by atoms with E-state index in [1.807, 2.05) is 19.1 Å². The number of benzene rings is 2. The van der Waals surface area contributed by atoms with Crippen molar-refractivity contribution in [2.45, 2.75) is 6.92 Å². The summed E-state index contributed by atoms with van der Waals surface area (Å²) in [5.74, 6) is 0.439. The lowest BCUT2D eigenvalue weighted by atomic mass is 10.2. The summed E-state index contributed by atoms with van der Waals surface area (Å²) in [6.07, 6.45) is 0.708. The average Bonchev–Trinajstić information content (AvgIpc) is 2.56. The molecule has 0 spiro atoms. The standard InChI is InChI=1S/C17H15Br2NO4/c1-10-5-12(3-4-13(10)18)20-16(22)9-24-17-14(19)6-11(8-21)7-15(17)23-2/h3-8H,9H2,1-2H3,(H,20,22). The van der Waals surface area contributed by atoms with Crippen LogP contribution in [0.25, 0.3) is 0 Å². The summed E-state index contributed by atoms with van der Waals surface area (Å²) in [6.45, 7) is 1.75. The molecule has 0 aliphatic rings. The first-order valence-corrected chi connectivity index (χ1v) is 8.54. The second kappa shape index (κ2) is 8.30. The van der Waals surface area contributed by atoms with Crippen molar-refractivity contribution < 1.29 is 19.1 Å². The third-order valence-corrected chi connectivity index (χ3v) is 4.66. The summed E-state index contributed by atoms with van der Waals surface area (Å²) in [6, 6.07) is 8.66. The van der Waals surface area contributed by atoms with E-state index in [9.17, 15) is 9.59 Å². The number of aldehydes is 1. The minimum atomic E-state index is -0.301. The number of amides is 1. The average molecular weight is 457 g/mol. The fourth-order valence-electron chi connectivity index (χ4n) is 2.01. The maximum atomic E-state index is 12.1. The minimum absolute atomic E-state index is 0.190. The number of hydrogen-bond acceptors (Lipinski definition) is 4. The summed E-state index contributed by atoms with van der Waals surface area (Å²) in [5.41, 5.74) is 2.15. The van der Waals surface area contributed by atoms with E-state index in [0.717, 1.165) is 10.0 Å². The number of anilines is 1. The Kier molecular flexibility index (Phi) is 6.39. The molecular weight excluding hydrogens is 442 g/mol. The van der Waals surface area contributed by atoms with Crippen molar-refractivity contribution in [3.63, 3.8) is 0 Å². The molecule has 0 fully saturated rings. The molecule has 0 saturated carbocycles. The number of nitrogens with one attached hydrogen (secondary N) is 1. The maximum Gasteiger partial charge on any atom is 0.262 e. The van der Waals surface area contributed by atoms with Gasteiger partial charge in [-0.2, -0.15) is 0 Å². The third kappa shape index (κ3) is 4.58. The van der Waals surface area contributed by atoms with Crippen LogP contribution in [0.2, 0.25) is 0 Å². The topological polar surface area (TPSA) is 64.6 Å². The van der Waals surface area contributed by atoms with Crippen LogP contribution in [-0.4, -0.2) is 25.9 Å². The lowest BCUT2D eigenvalue weighted by Gasteiger charge is -2.13. The van der Waals surface area contributed by atoms with Crippen molar-refractivity contribution in [3.05, 3.63) is 50.4 Å². The van der Waals surface area contributed by atoms with Gasteiger partial charge < -0.3 is 14.8 Å². The Morgan fingerprint density at radius 1 is 1.21 bits per heavy atom. The van der Waals surface area contributed by atoms with Crippen molar-refractivity contribution in [2.75, 3.05) is 19.0 Å². The fourth-order valence-corrected chi connectivity index (χ4v) is 2.83. The zero-order chi connectivity index (χ0) is 17.7. The molecule has 5 nitrogen and oxygen atoms in total. The molecule has 2 aromatic carbocycles. The van der Waals surface area contributed by atoms with Crippen LogP contribution < -0.4 is 14.8 Å². The van der Waals surface area contributed by atoms with E-state index in [-0.39, 0.29) is 12.5 Å². The molecule has 1 N–H and O–H groups in total. The molecule has 7 heteroatoms. The quantitative estimate of drug-likeness (QED) is 0.656. The maximum absolute atomic E-state index is 12.1. The lowest BCUT2D eigenvalue weighted by molar-refractivity contribution is -0.118. The first kappa shape index (κ1) is 18.5. The smallest absolute Gasteiger partial charge is 0.262 e. The zero-order valence-electron chi connectivity index (χ0n) is 13.1. The highest BCUT2D eigenvalue weighted by Crippen LogP contribution is 2.36. The van der Waals surface area contributed by atoms with Crippen molar-refractivity contribution in [3.8, 4) is 11.5 Å². The van der Waals surface area contributed by atoms with Crippen LogP contribution in [0.5, 0.6) is 11.5 Å². The number of carbonyl (C=O) groups excluding carboxylic acids is 2. The van der Waals surface area contributed by atoms with Gasteiger partial charge in [0.2, 0.25) is 0 Å². The predicted molar refractivity (Wildman–Crippen MR) is 99.1 cm³/mol. The highest BCUT2D eigenvalue weighted by molar-refractivity contribution is 9.10. The normalized spacial score (nSPS) is 10.2. The van der Waals surface area contributed by atoms with Gasteiger partial charge in [-0.25, -0.2) is 0 Å². The van der Waals surface area contributed by atoms with E-state index >= 15 is 0 Å². The van der Waals surface area contributed by atoms with Gasteiger partial charge in [-0.3, -0.25) is 9.59 Å². The molecule has 2 aromatic rings. The van der Waals surface area contributed by atoms with Gasteiger partial charge in [0.1, 0.15) is 6.29 Å². The Hall–Kier alpha value is -1.86. The molecule has 0 atom stereocenters. The molecular formula is C17H15Br2NO4. The summed E-state index contributed by atoms with van der Waals surface area (Å²) < 4.78 is 12.2. The highest BCUT2D eigenvalue weighted by atomic mass is 79.9. The molecule has 24 heavy (non-hydrogen) atoms. The molecule has 0 aromatic heterocycles. The van der Waals surface area contributed by atoms with E-state index in [1.54, 1.807) is 18.2 Å². The largest absolute Gasteiger partial charge is 0.493 e. The molecule has 0 saturated heterocycles. The number of rotatable bonds is 6. The number of hydrogen-bond donors (Lipinski definition) is 1. The Morgan fingerprint density at radius 3 is 2.58 bits per heavy atom. The number of ether oxygens (including phenoxy) is 2. The Morgan fingerprint density at radius 2 is 1.96 bits per heavy atom. The molecule has 1 amide bonds. The zero-order valence-corrected chi connectivity index (χ0v) is 16.2. The van der Waals surface area contributed by atoms with E-state index in [0.29, 0.717) is 33.5 Å². The van der Waals surface area contributed by atoms with E-state index in [4.69, 9.17) is 9.47 Å². The van der Waals surface area contributed by atoms with Crippen molar-refractivity contribution in [1.82, 2.24) is 0 Å². The van der Waals surface area contributed by atoms with Gasteiger partial charge >= 0.3 is 0 Å². The van der Waals surface area contributed by atoms with Gasteiger partial charge in [-0.15, -0.1) is 0 Å². The molecule has 0 heterocycles. The summed E-state index contributed by atoms with van der Waals surface area (Å²) >= 11 is 6.72. The molecule has 0 aliphatic carbocycles. The Balaban J connectivity index is 2.06. The predicted octanol–water partition coefficient (Wildman–Crippen LogP) is 4.36. The van der Waals surface area contributed by atoms with Crippen LogP contribution in [0.3, 0.4) is 0 Å². The SMILES string of the molecule is COc1cc(C=O)cc(Br)c1OCC(=O)Nc1ccc(Br)c(C)c1. The first-order valence-electron chi connectivity index (χ1n) is 6.96. The van der Waals surface area contributed by atoms with Gasteiger partial charge in [-0.05, 0) is 58.7 Å². The Bertz CT molecular complexity index is 777. The van der Waals surface area contributed by atoms with E-state index < -0.39 is 0 Å². The molecule has 2 rings (SSSR count). The molecule has 0 unspecified atom stereocenters. The van der Waals surface area contributed by atoms with Gasteiger partial charge in [0, 0.05) is 15.7 Å². The number of halogens is 2.